The highest BCUT2D eigenvalue weighted by atomic mass is 32.1. The molecule has 0 radical (unpaired) electrons. The lowest BCUT2D eigenvalue weighted by Crippen LogP contribution is -2.57. The van der Waals surface area contributed by atoms with E-state index >= 15 is 0 Å². The molecule has 8 nitrogen and oxygen atoms in total. The lowest BCUT2D eigenvalue weighted by molar-refractivity contribution is -0.144. The molecule has 44 heavy (non-hydrogen) atoms. The highest BCUT2D eigenvalue weighted by molar-refractivity contribution is 7.15. The Bertz CT molecular complexity index is 1500. The number of amides is 2. The second-order valence-electron chi connectivity index (χ2n) is 14.0. The van der Waals surface area contributed by atoms with Gasteiger partial charge in [0.2, 0.25) is 5.91 Å². The lowest BCUT2D eigenvalue weighted by atomic mass is 9.47. The number of nitrogens with zero attached hydrogens (tertiary/aromatic N) is 1. The van der Waals surface area contributed by atoms with Gasteiger partial charge in [0.15, 0.2) is 5.13 Å². The molecule has 5 unspecified atom stereocenters. The van der Waals surface area contributed by atoms with Crippen LogP contribution in [-0.2, 0) is 23.2 Å². The van der Waals surface area contributed by atoms with Gasteiger partial charge in [-0.1, -0.05) is 58.9 Å². The second kappa shape index (κ2) is 12.3. The number of anilines is 1. The summed E-state index contributed by atoms with van der Waals surface area (Å²) in [4.78, 5) is 32.6. The van der Waals surface area contributed by atoms with E-state index in [0.717, 1.165) is 27.4 Å². The summed E-state index contributed by atoms with van der Waals surface area (Å²) in [5.41, 5.74) is 2.40. The molecule has 5 rings (SSSR count). The molecule has 1 fully saturated rings. The predicted octanol–water partition coefficient (Wildman–Crippen LogP) is 5.82. The molecule has 1 heterocycles. The average molecular weight is 620 g/mol. The fraction of sp³-hybridized carbons (Fsp3) is 0.514. The number of aliphatic hydroxyl groups excluding tert-OH is 2. The van der Waals surface area contributed by atoms with Crippen LogP contribution in [0.15, 0.2) is 48.5 Å². The van der Waals surface area contributed by atoms with Gasteiger partial charge in [0.25, 0.3) is 5.91 Å². The third kappa shape index (κ3) is 6.14. The molecule has 0 bridgehead atoms. The van der Waals surface area contributed by atoms with E-state index in [2.05, 4.69) is 38.3 Å². The number of ether oxygens (including phenoxy) is 1. The fourth-order valence-corrected chi connectivity index (χ4v) is 8.26. The van der Waals surface area contributed by atoms with Crippen LogP contribution < -0.4 is 15.4 Å². The molecular weight excluding hydrogens is 574 g/mol. The number of nitrogens with one attached hydrogen (secondary N) is 2. The van der Waals surface area contributed by atoms with E-state index in [1.807, 2.05) is 55.5 Å². The molecule has 5 atom stereocenters. The first-order valence-corrected chi connectivity index (χ1v) is 16.2. The molecule has 3 aromatic rings. The summed E-state index contributed by atoms with van der Waals surface area (Å²) < 4.78 is 5.24. The maximum atomic E-state index is 13.5. The van der Waals surface area contributed by atoms with Crippen molar-refractivity contribution in [1.29, 1.82) is 0 Å². The summed E-state index contributed by atoms with van der Waals surface area (Å²) in [6, 6.07) is 15.2. The van der Waals surface area contributed by atoms with Gasteiger partial charge in [-0.25, -0.2) is 4.98 Å². The van der Waals surface area contributed by atoms with Gasteiger partial charge in [0.05, 0.1) is 25.5 Å². The van der Waals surface area contributed by atoms with Crippen molar-refractivity contribution in [3.05, 3.63) is 75.8 Å². The molecule has 0 saturated heterocycles. The van der Waals surface area contributed by atoms with Crippen molar-refractivity contribution < 1.29 is 24.5 Å². The number of aliphatic hydroxyl groups is 2. The summed E-state index contributed by atoms with van der Waals surface area (Å²) in [6.45, 7) is 10.8. The van der Waals surface area contributed by atoms with Crippen LogP contribution in [0.25, 0.3) is 0 Å². The van der Waals surface area contributed by atoms with E-state index < -0.39 is 11.5 Å². The van der Waals surface area contributed by atoms with Crippen LogP contribution in [0.5, 0.6) is 5.75 Å². The van der Waals surface area contributed by atoms with Gasteiger partial charge in [0.1, 0.15) is 5.75 Å². The Kier molecular flexibility index (Phi) is 8.95. The Labute approximate surface area is 264 Å². The number of methoxy groups -OCH3 is 1. The Hall–Kier alpha value is -3.27. The topological polar surface area (TPSA) is 121 Å². The molecule has 0 aliphatic heterocycles. The summed E-state index contributed by atoms with van der Waals surface area (Å²) in [5, 5.41) is 28.2. The zero-order valence-electron chi connectivity index (χ0n) is 26.6. The van der Waals surface area contributed by atoms with E-state index in [1.54, 1.807) is 7.11 Å². The first-order valence-electron chi connectivity index (χ1n) is 15.4. The van der Waals surface area contributed by atoms with Crippen molar-refractivity contribution in [1.82, 2.24) is 10.3 Å². The van der Waals surface area contributed by atoms with Gasteiger partial charge < -0.3 is 20.3 Å². The quantitative estimate of drug-likeness (QED) is 0.252. The van der Waals surface area contributed by atoms with E-state index in [0.29, 0.717) is 36.5 Å². The molecule has 0 spiro atoms. The monoisotopic (exact) mass is 619 g/mol. The minimum Gasteiger partial charge on any atom is -0.497 e. The lowest BCUT2D eigenvalue weighted by Gasteiger charge is -2.58. The standard InChI is InChI=1S/C35H45N3O5S/c1-33(2,3)23-11-9-22(10-12-23)31(42)38-32-37-30-25(17-29(41)36-19-21-7-13-24(43-6)14-8-21)34(4)16-15-28(40)35(5,20-39)27(34)18-26(30)44-32/h7-14,25,27-28,39-40H,15-20H2,1-6H3,(H,36,41)(H,37,38,42). The summed E-state index contributed by atoms with van der Waals surface area (Å²) in [7, 11) is 1.62. The number of hydrogen-bond donors (Lipinski definition) is 4. The van der Waals surface area contributed by atoms with Gasteiger partial charge in [-0.2, -0.15) is 0 Å². The van der Waals surface area contributed by atoms with Crippen molar-refractivity contribution in [2.75, 3.05) is 19.0 Å². The Morgan fingerprint density at radius 3 is 2.39 bits per heavy atom. The summed E-state index contributed by atoms with van der Waals surface area (Å²) >= 11 is 1.43. The number of rotatable bonds is 8. The molecule has 2 amide bonds. The Morgan fingerprint density at radius 1 is 1.09 bits per heavy atom. The maximum absolute atomic E-state index is 13.5. The van der Waals surface area contributed by atoms with Crippen molar-refractivity contribution in [3.63, 3.8) is 0 Å². The Morgan fingerprint density at radius 2 is 1.77 bits per heavy atom. The van der Waals surface area contributed by atoms with Crippen LogP contribution >= 0.6 is 11.3 Å². The highest BCUT2D eigenvalue weighted by Crippen LogP contribution is 2.62. The number of carbonyl (C=O) groups is 2. The Balaban J connectivity index is 1.41. The normalized spacial score (nSPS) is 26.3. The zero-order chi connectivity index (χ0) is 31.9. The van der Waals surface area contributed by atoms with E-state index in [9.17, 15) is 19.8 Å². The van der Waals surface area contributed by atoms with Crippen LogP contribution in [-0.4, -0.2) is 46.8 Å². The van der Waals surface area contributed by atoms with Crippen molar-refractivity contribution in [2.24, 2.45) is 16.7 Å². The van der Waals surface area contributed by atoms with E-state index in [1.165, 1.54) is 11.3 Å². The minimum atomic E-state index is -0.718. The second-order valence-corrected chi connectivity index (χ2v) is 15.1. The molecule has 4 N–H and O–H groups in total. The van der Waals surface area contributed by atoms with Crippen LogP contribution in [0.2, 0.25) is 0 Å². The van der Waals surface area contributed by atoms with Crippen molar-refractivity contribution in [3.8, 4) is 5.75 Å². The first kappa shape index (κ1) is 32.1. The number of carbonyl (C=O) groups excluding carboxylic acids is 2. The fourth-order valence-electron chi connectivity index (χ4n) is 7.19. The molecule has 9 heteroatoms. The van der Waals surface area contributed by atoms with Crippen LogP contribution in [0.4, 0.5) is 5.13 Å². The van der Waals surface area contributed by atoms with E-state index in [-0.39, 0.29) is 47.5 Å². The number of aromatic nitrogens is 1. The van der Waals surface area contributed by atoms with E-state index in [4.69, 9.17) is 9.72 Å². The first-order chi connectivity index (χ1) is 20.8. The molecule has 2 aromatic carbocycles. The molecule has 1 saturated carbocycles. The molecule has 1 aromatic heterocycles. The maximum Gasteiger partial charge on any atom is 0.257 e. The third-order valence-electron chi connectivity index (χ3n) is 10.2. The number of thiazole rings is 1. The van der Waals surface area contributed by atoms with Crippen LogP contribution in [0.3, 0.4) is 0 Å². The van der Waals surface area contributed by atoms with Gasteiger partial charge in [-0.3, -0.25) is 14.9 Å². The number of benzene rings is 2. The van der Waals surface area contributed by atoms with Gasteiger partial charge in [-0.05, 0) is 71.4 Å². The van der Waals surface area contributed by atoms with Crippen molar-refractivity contribution in [2.45, 2.75) is 84.3 Å². The zero-order valence-corrected chi connectivity index (χ0v) is 27.4. The third-order valence-corrected chi connectivity index (χ3v) is 11.2. The summed E-state index contributed by atoms with van der Waals surface area (Å²) in [6.07, 6.45) is 1.46. The highest BCUT2D eigenvalue weighted by Gasteiger charge is 2.59. The van der Waals surface area contributed by atoms with Gasteiger partial charge in [-0.15, -0.1) is 11.3 Å². The summed E-state index contributed by atoms with van der Waals surface area (Å²) in [5.74, 6) is 0.133. The molecular formula is C35H45N3O5S. The van der Waals surface area contributed by atoms with Crippen molar-refractivity contribution >= 4 is 28.3 Å². The average Bonchev–Trinajstić information content (AvgIpc) is 3.41. The number of hydrogen-bond acceptors (Lipinski definition) is 7. The minimum absolute atomic E-state index is 0.0111. The molecule has 236 valence electrons. The molecule has 2 aliphatic carbocycles. The molecule has 2 aliphatic rings. The van der Waals surface area contributed by atoms with Gasteiger partial charge >= 0.3 is 0 Å². The predicted molar refractivity (Wildman–Crippen MR) is 173 cm³/mol. The van der Waals surface area contributed by atoms with Crippen LogP contribution in [0.1, 0.15) is 91.9 Å². The van der Waals surface area contributed by atoms with Gasteiger partial charge in [0, 0.05) is 34.7 Å². The smallest absolute Gasteiger partial charge is 0.257 e. The van der Waals surface area contributed by atoms with Crippen LogP contribution in [0, 0.1) is 16.7 Å². The number of fused-ring (bicyclic) bond motifs is 2. The largest absolute Gasteiger partial charge is 0.497 e. The SMILES string of the molecule is COc1ccc(CNC(=O)CC2c3nc(NC(=O)c4ccc(C(C)(C)C)cc4)sc3CC3C(C)(CO)C(O)CCC23C)cc1.